The third-order valence-corrected chi connectivity index (χ3v) is 3.92. The molecule has 0 saturated heterocycles. The Morgan fingerprint density at radius 3 is 2.74 bits per heavy atom. The number of carbonyl (C=O) groups is 1. The zero-order chi connectivity index (χ0) is 16.2. The molecule has 1 N–H and O–H groups in total. The highest BCUT2D eigenvalue weighted by molar-refractivity contribution is 6.31. The van der Waals surface area contributed by atoms with Crippen molar-refractivity contribution in [1.29, 1.82) is 0 Å². The molecule has 0 aliphatic carbocycles. The number of nitrogens with zero attached hydrogens (tertiary/aromatic N) is 2. The molecule has 116 valence electrons. The quantitative estimate of drug-likeness (QED) is 0.783. The van der Waals surface area contributed by atoms with Crippen LogP contribution in [0.15, 0.2) is 60.9 Å². The van der Waals surface area contributed by atoms with Crippen LogP contribution in [0.25, 0.3) is 0 Å². The van der Waals surface area contributed by atoms with Gasteiger partial charge < -0.3 is 5.32 Å². The molecule has 3 aromatic rings. The second-order valence-corrected chi connectivity index (χ2v) is 5.74. The molecule has 0 bridgehead atoms. The van der Waals surface area contributed by atoms with Gasteiger partial charge >= 0.3 is 0 Å². The van der Waals surface area contributed by atoms with Gasteiger partial charge in [0.2, 0.25) is 0 Å². The number of hydrogen-bond acceptors (Lipinski definition) is 2. The molecule has 0 radical (unpaired) electrons. The van der Waals surface area contributed by atoms with E-state index in [1.807, 2.05) is 49.4 Å². The molecule has 0 spiro atoms. The lowest BCUT2D eigenvalue weighted by molar-refractivity contribution is 0.102. The number of rotatable bonds is 4. The second kappa shape index (κ2) is 6.67. The molecule has 0 saturated carbocycles. The number of halogens is 1. The fourth-order valence-electron chi connectivity index (χ4n) is 2.21. The van der Waals surface area contributed by atoms with Crippen molar-refractivity contribution < 1.29 is 4.79 Å². The molecule has 0 unspecified atom stereocenters. The fourth-order valence-corrected chi connectivity index (χ4v) is 2.39. The Balaban J connectivity index is 1.69. The van der Waals surface area contributed by atoms with E-state index >= 15 is 0 Å². The van der Waals surface area contributed by atoms with Gasteiger partial charge in [0.15, 0.2) is 0 Å². The van der Waals surface area contributed by atoms with Gasteiger partial charge in [0.05, 0.1) is 18.3 Å². The Hall–Kier alpha value is -2.59. The summed E-state index contributed by atoms with van der Waals surface area (Å²) in [5, 5.41) is 7.69. The Kier molecular flexibility index (Phi) is 4.44. The first-order valence-corrected chi connectivity index (χ1v) is 7.63. The van der Waals surface area contributed by atoms with Crippen LogP contribution in [0, 0.1) is 6.92 Å². The predicted molar refractivity (Wildman–Crippen MR) is 91.9 cm³/mol. The zero-order valence-electron chi connectivity index (χ0n) is 12.7. The average Bonchev–Trinajstić information content (AvgIpc) is 3.00. The average molecular weight is 326 g/mol. The standard InChI is InChI=1S/C18H16ClN3O/c1-13-7-8-16(9-17(13)19)21-18(23)15-10-20-22(12-15)11-14-5-3-2-4-6-14/h2-10,12H,11H2,1H3,(H,21,23). The van der Waals surface area contributed by atoms with E-state index in [0.717, 1.165) is 11.1 Å². The molecular weight excluding hydrogens is 310 g/mol. The predicted octanol–water partition coefficient (Wildman–Crippen LogP) is 4.15. The zero-order valence-corrected chi connectivity index (χ0v) is 13.4. The molecule has 1 aromatic heterocycles. The van der Waals surface area contributed by atoms with E-state index in [4.69, 9.17) is 11.6 Å². The number of anilines is 1. The molecule has 1 heterocycles. The van der Waals surface area contributed by atoms with Crippen LogP contribution in [-0.4, -0.2) is 15.7 Å². The van der Waals surface area contributed by atoms with Crippen molar-refractivity contribution in [1.82, 2.24) is 9.78 Å². The molecule has 4 nitrogen and oxygen atoms in total. The van der Waals surface area contributed by atoms with E-state index in [1.165, 1.54) is 0 Å². The van der Waals surface area contributed by atoms with Gasteiger partial charge in [-0.1, -0.05) is 48.0 Å². The number of carbonyl (C=O) groups excluding carboxylic acids is 1. The van der Waals surface area contributed by atoms with Crippen molar-refractivity contribution in [3.8, 4) is 0 Å². The first-order valence-electron chi connectivity index (χ1n) is 7.26. The van der Waals surface area contributed by atoms with Gasteiger partial charge in [0.1, 0.15) is 0 Å². The van der Waals surface area contributed by atoms with Crippen LogP contribution < -0.4 is 5.32 Å². The van der Waals surface area contributed by atoms with Gasteiger partial charge in [0.25, 0.3) is 5.91 Å². The van der Waals surface area contributed by atoms with Crippen LogP contribution in [0.5, 0.6) is 0 Å². The molecular formula is C18H16ClN3O. The molecule has 2 aromatic carbocycles. The van der Waals surface area contributed by atoms with Crippen molar-refractivity contribution in [3.05, 3.63) is 82.6 Å². The molecule has 0 fully saturated rings. The lowest BCUT2D eigenvalue weighted by Crippen LogP contribution is -2.11. The molecule has 5 heteroatoms. The van der Waals surface area contributed by atoms with Crippen molar-refractivity contribution in [3.63, 3.8) is 0 Å². The van der Waals surface area contributed by atoms with E-state index in [2.05, 4.69) is 10.4 Å². The van der Waals surface area contributed by atoms with Crippen LogP contribution in [0.4, 0.5) is 5.69 Å². The normalized spacial score (nSPS) is 10.5. The van der Waals surface area contributed by atoms with Crippen molar-refractivity contribution >= 4 is 23.2 Å². The molecule has 3 rings (SSSR count). The Bertz CT molecular complexity index is 827. The van der Waals surface area contributed by atoms with Gasteiger partial charge in [-0.15, -0.1) is 0 Å². The minimum absolute atomic E-state index is 0.204. The fraction of sp³-hybridized carbons (Fsp3) is 0.111. The molecule has 0 atom stereocenters. The Labute approximate surface area is 139 Å². The van der Waals surface area contributed by atoms with E-state index in [0.29, 0.717) is 22.8 Å². The third-order valence-electron chi connectivity index (χ3n) is 3.51. The summed E-state index contributed by atoms with van der Waals surface area (Å²) in [6, 6.07) is 15.4. The molecule has 23 heavy (non-hydrogen) atoms. The maximum absolute atomic E-state index is 12.3. The van der Waals surface area contributed by atoms with Gasteiger partial charge in [0, 0.05) is 16.9 Å². The maximum Gasteiger partial charge on any atom is 0.258 e. The number of hydrogen-bond donors (Lipinski definition) is 1. The van der Waals surface area contributed by atoms with E-state index in [1.54, 1.807) is 23.1 Å². The van der Waals surface area contributed by atoms with Crippen LogP contribution in [0.3, 0.4) is 0 Å². The van der Waals surface area contributed by atoms with E-state index in [-0.39, 0.29) is 5.91 Å². The number of aromatic nitrogens is 2. The minimum atomic E-state index is -0.204. The summed E-state index contributed by atoms with van der Waals surface area (Å²) in [6.45, 7) is 2.55. The summed E-state index contributed by atoms with van der Waals surface area (Å²) in [4.78, 5) is 12.3. The van der Waals surface area contributed by atoms with Crippen LogP contribution >= 0.6 is 11.6 Å². The van der Waals surface area contributed by atoms with Crippen LogP contribution in [-0.2, 0) is 6.54 Å². The van der Waals surface area contributed by atoms with Crippen molar-refractivity contribution in [2.24, 2.45) is 0 Å². The highest BCUT2D eigenvalue weighted by Crippen LogP contribution is 2.20. The van der Waals surface area contributed by atoms with E-state index < -0.39 is 0 Å². The lowest BCUT2D eigenvalue weighted by Gasteiger charge is -2.05. The smallest absolute Gasteiger partial charge is 0.258 e. The SMILES string of the molecule is Cc1ccc(NC(=O)c2cnn(Cc3ccccc3)c2)cc1Cl. The van der Waals surface area contributed by atoms with Gasteiger partial charge in [-0.2, -0.15) is 5.10 Å². The number of aryl methyl sites for hydroxylation is 1. The highest BCUT2D eigenvalue weighted by Gasteiger charge is 2.10. The topological polar surface area (TPSA) is 46.9 Å². The number of nitrogens with one attached hydrogen (secondary N) is 1. The summed E-state index contributed by atoms with van der Waals surface area (Å²) in [5.74, 6) is -0.204. The van der Waals surface area contributed by atoms with Gasteiger partial charge in [-0.05, 0) is 30.2 Å². The van der Waals surface area contributed by atoms with Crippen molar-refractivity contribution in [2.75, 3.05) is 5.32 Å². The highest BCUT2D eigenvalue weighted by atomic mass is 35.5. The van der Waals surface area contributed by atoms with Gasteiger partial charge in [-0.25, -0.2) is 0 Å². The van der Waals surface area contributed by atoms with E-state index in [9.17, 15) is 4.79 Å². The monoisotopic (exact) mass is 325 g/mol. The second-order valence-electron chi connectivity index (χ2n) is 5.33. The van der Waals surface area contributed by atoms with Crippen molar-refractivity contribution in [2.45, 2.75) is 13.5 Å². The Morgan fingerprint density at radius 2 is 2.00 bits per heavy atom. The minimum Gasteiger partial charge on any atom is -0.322 e. The molecule has 0 aliphatic rings. The third kappa shape index (κ3) is 3.79. The van der Waals surface area contributed by atoms with Gasteiger partial charge in [-0.3, -0.25) is 9.48 Å². The molecule has 0 aliphatic heterocycles. The largest absolute Gasteiger partial charge is 0.322 e. The summed E-state index contributed by atoms with van der Waals surface area (Å²) in [7, 11) is 0. The first-order chi connectivity index (χ1) is 11.1. The van der Waals surface area contributed by atoms with Crippen LogP contribution in [0.2, 0.25) is 5.02 Å². The lowest BCUT2D eigenvalue weighted by atomic mass is 10.2. The maximum atomic E-state index is 12.3. The Morgan fingerprint density at radius 1 is 1.22 bits per heavy atom. The summed E-state index contributed by atoms with van der Waals surface area (Å²) in [6.07, 6.45) is 3.30. The summed E-state index contributed by atoms with van der Waals surface area (Å²) >= 11 is 6.07. The number of amides is 1. The number of benzene rings is 2. The first kappa shape index (κ1) is 15.3. The summed E-state index contributed by atoms with van der Waals surface area (Å²) < 4.78 is 1.74. The summed E-state index contributed by atoms with van der Waals surface area (Å²) in [5.41, 5.74) is 3.28. The molecule has 1 amide bonds. The van der Waals surface area contributed by atoms with Crippen LogP contribution in [0.1, 0.15) is 21.5 Å².